The summed E-state index contributed by atoms with van der Waals surface area (Å²) in [6.45, 7) is 6.21. The maximum atomic E-state index is 11.9. The highest BCUT2D eigenvalue weighted by Crippen LogP contribution is 2.24. The largest absolute Gasteiger partial charge is 0.462 e. The SMILES string of the molecule is CCOC(=O)c1cnn(-c2nc(-c3ccc(N4CCN(C)CC4)cc3)cnc2N)c1. The summed E-state index contributed by atoms with van der Waals surface area (Å²) in [5.74, 6) is 0.156. The topological polar surface area (TPSA) is 102 Å². The molecule has 0 radical (unpaired) electrons. The van der Waals surface area contributed by atoms with Crippen LogP contribution in [-0.4, -0.2) is 70.5 Å². The van der Waals surface area contributed by atoms with Crippen LogP contribution in [0.5, 0.6) is 0 Å². The van der Waals surface area contributed by atoms with Crippen molar-refractivity contribution >= 4 is 17.5 Å². The molecule has 0 atom stereocenters. The first-order valence-corrected chi connectivity index (χ1v) is 9.93. The van der Waals surface area contributed by atoms with Crippen molar-refractivity contribution in [2.45, 2.75) is 6.92 Å². The highest BCUT2D eigenvalue weighted by atomic mass is 16.5. The molecule has 0 aliphatic carbocycles. The molecule has 4 rings (SSSR count). The van der Waals surface area contributed by atoms with Gasteiger partial charge >= 0.3 is 5.97 Å². The van der Waals surface area contributed by atoms with E-state index in [1.54, 1.807) is 19.3 Å². The summed E-state index contributed by atoms with van der Waals surface area (Å²) in [7, 11) is 2.15. The molecule has 0 amide bonds. The molecular weight excluding hydrogens is 382 g/mol. The van der Waals surface area contributed by atoms with E-state index in [0.29, 0.717) is 23.7 Å². The molecule has 30 heavy (non-hydrogen) atoms. The van der Waals surface area contributed by atoms with Crippen LogP contribution in [0.3, 0.4) is 0 Å². The van der Waals surface area contributed by atoms with Crippen molar-refractivity contribution < 1.29 is 9.53 Å². The van der Waals surface area contributed by atoms with E-state index < -0.39 is 5.97 Å². The maximum absolute atomic E-state index is 11.9. The summed E-state index contributed by atoms with van der Waals surface area (Å²) < 4.78 is 6.44. The van der Waals surface area contributed by atoms with E-state index in [1.807, 2.05) is 12.1 Å². The smallest absolute Gasteiger partial charge is 0.341 e. The Morgan fingerprint density at radius 2 is 1.87 bits per heavy atom. The van der Waals surface area contributed by atoms with Gasteiger partial charge in [0.2, 0.25) is 0 Å². The van der Waals surface area contributed by atoms with Crippen molar-refractivity contribution in [3.63, 3.8) is 0 Å². The van der Waals surface area contributed by atoms with Gasteiger partial charge in [-0.25, -0.2) is 19.4 Å². The average Bonchev–Trinajstić information content (AvgIpc) is 3.25. The third-order valence-electron chi connectivity index (χ3n) is 5.12. The number of esters is 1. The van der Waals surface area contributed by atoms with Crippen molar-refractivity contribution in [3.05, 3.63) is 48.4 Å². The van der Waals surface area contributed by atoms with E-state index in [4.69, 9.17) is 10.5 Å². The molecule has 1 aromatic carbocycles. The number of piperazine rings is 1. The summed E-state index contributed by atoms with van der Waals surface area (Å²) in [6, 6.07) is 8.27. The maximum Gasteiger partial charge on any atom is 0.341 e. The van der Waals surface area contributed by atoms with Crippen molar-refractivity contribution in [1.82, 2.24) is 24.6 Å². The summed E-state index contributed by atoms with van der Waals surface area (Å²) in [5.41, 5.74) is 9.15. The average molecular weight is 407 g/mol. The number of hydrogen-bond acceptors (Lipinski definition) is 8. The number of aromatic nitrogens is 4. The molecule has 0 unspecified atom stereocenters. The molecule has 2 aromatic heterocycles. The van der Waals surface area contributed by atoms with E-state index in [0.717, 1.165) is 31.7 Å². The molecule has 1 fully saturated rings. The lowest BCUT2D eigenvalue weighted by Gasteiger charge is -2.34. The molecule has 9 nitrogen and oxygen atoms in total. The zero-order chi connectivity index (χ0) is 21.1. The third kappa shape index (κ3) is 4.11. The van der Waals surface area contributed by atoms with E-state index in [2.05, 4.69) is 44.0 Å². The Kier molecular flexibility index (Phi) is 5.62. The second kappa shape index (κ2) is 8.50. The van der Waals surface area contributed by atoms with Crippen LogP contribution in [0.4, 0.5) is 11.5 Å². The predicted molar refractivity (Wildman–Crippen MR) is 115 cm³/mol. The fraction of sp³-hybridized carbons (Fsp3) is 0.333. The third-order valence-corrected chi connectivity index (χ3v) is 5.12. The quantitative estimate of drug-likeness (QED) is 0.639. The minimum Gasteiger partial charge on any atom is -0.462 e. The Morgan fingerprint density at radius 1 is 1.13 bits per heavy atom. The molecule has 1 aliphatic heterocycles. The van der Waals surface area contributed by atoms with Crippen LogP contribution in [0.15, 0.2) is 42.9 Å². The second-order valence-corrected chi connectivity index (χ2v) is 7.20. The van der Waals surface area contributed by atoms with Crippen LogP contribution >= 0.6 is 0 Å². The number of rotatable bonds is 5. The Bertz CT molecular complexity index is 1020. The molecule has 0 saturated carbocycles. The lowest BCUT2D eigenvalue weighted by Crippen LogP contribution is -2.44. The molecule has 156 valence electrons. The number of benzene rings is 1. The van der Waals surface area contributed by atoms with E-state index >= 15 is 0 Å². The zero-order valence-electron chi connectivity index (χ0n) is 17.2. The van der Waals surface area contributed by atoms with E-state index in [9.17, 15) is 4.79 Å². The predicted octanol–water partition coefficient (Wildman–Crippen LogP) is 1.84. The van der Waals surface area contributed by atoms with Crippen LogP contribution in [0.1, 0.15) is 17.3 Å². The lowest BCUT2D eigenvalue weighted by atomic mass is 10.1. The Labute approximate surface area is 175 Å². The molecule has 1 aliphatic rings. The van der Waals surface area contributed by atoms with Gasteiger partial charge in [0.15, 0.2) is 11.6 Å². The number of nitrogens with zero attached hydrogens (tertiary/aromatic N) is 6. The Morgan fingerprint density at radius 3 is 2.57 bits per heavy atom. The first-order chi connectivity index (χ1) is 14.5. The van der Waals surface area contributed by atoms with Gasteiger partial charge in [0, 0.05) is 43.6 Å². The fourth-order valence-corrected chi connectivity index (χ4v) is 3.36. The number of nitrogen functional groups attached to an aromatic ring is 1. The molecule has 1 saturated heterocycles. The van der Waals surface area contributed by atoms with Gasteiger partial charge in [0.25, 0.3) is 0 Å². The monoisotopic (exact) mass is 407 g/mol. The summed E-state index contributed by atoms with van der Waals surface area (Å²) >= 11 is 0. The number of carbonyl (C=O) groups excluding carboxylic acids is 1. The highest BCUT2D eigenvalue weighted by molar-refractivity contribution is 5.88. The minimum absolute atomic E-state index is 0.228. The zero-order valence-corrected chi connectivity index (χ0v) is 17.2. The normalized spacial score (nSPS) is 14.7. The van der Waals surface area contributed by atoms with Gasteiger partial charge in [-0.1, -0.05) is 12.1 Å². The molecule has 9 heteroatoms. The summed E-state index contributed by atoms with van der Waals surface area (Å²) in [5, 5.41) is 4.19. The van der Waals surface area contributed by atoms with Crippen LogP contribution in [-0.2, 0) is 4.74 Å². The van der Waals surface area contributed by atoms with Gasteiger partial charge in [0.1, 0.15) is 0 Å². The van der Waals surface area contributed by atoms with Crippen molar-refractivity contribution in [1.29, 1.82) is 0 Å². The van der Waals surface area contributed by atoms with E-state index in [1.165, 1.54) is 16.6 Å². The summed E-state index contributed by atoms with van der Waals surface area (Å²) in [4.78, 5) is 25.5. The van der Waals surface area contributed by atoms with Crippen molar-refractivity contribution in [3.8, 4) is 17.1 Å². The Balaban J connectivity index is 1.57. The van der Waals surface area contributed by atoms with Gasteiger partial charge in [-0.15, -0.1) is 0 Å². The van der Waals surface area contributed by atoms with Crippen LogP contribution in [0.2, 0.25) is 0 Å². The van der Waals surface area contributed by atoms with Gasteiger partial charge in [-0.2, -0.15) is 5.10 Å². The number of anilines is 2. The number of likely N-dealkylation sites (N-methyl/N-ethyl adjacent to an activating group) is 1. The number of carbonyl (C=O) groups is 1. The molecule has 0 spiro atoms. The van der Waals surface area contributed by atoms with Gasteiger partial charge in [-0.3, -0.25) is 0 Å². The first kappa shape index (κ1) is 19.8. The van der Waals surface area contributed by atoms with Crippen LogP contribution in [0.25, 0.3) is 17.1 Å². The van der Waals surface area contributed by atoms with E-state index in [-0.39, 0.29) is 5.82 Å². The minimum atomic E-state index is -0.439. The summed E-state index contributed by atoms with van der Waals surface area (Å²) in [6.07, 6.45) is 4.61. The molecule has 2 N–H and O–H groups in total. The molecule has 3 heterocycles. The molecule has 3 aromatic rings. The number of hydrogen-bond donors (Lipinski definition) is 1. The van der Waals surface area contributed by atoms with Crippen LogP contribution in [0, 0.1) is 0 Å². The first-order valence-electron chi connectivity index (χ1n) is 9.93. The van der Waals surface area contributed by atoms with Gasteiger partial charge in [0.05, 0.1) is 30.3 Å². The van der Waals surface area contributed by atoms with Crippen molar-refractivity contribution in [2.24, 2.45) is 0 Å². The molecular formula is C21H25N7O2. The van der Waals surface area contributed by atoms with Gasteiger partial charge < -0.3 is 20.3 Å². The Hall–Kier alpha value is -3.46. The van der Waals surface area contributed by atoms with Crippen molar-refractivity contribution in [2.75, 3.05) is 50.5 Å². The van der Waals surface area contributed by atoms with Crippen LogP contribution < -0.4 is 10.6 Å². The number of nitrogens with two attached hydrogens (primary N) is 1. The second-order valence-electron chi connectivity index (χ2n) is 7.20. The highest BCUT2D eigenvalue weighted by Gasteiger charge is 2.16. The van der Waals surface area contributed by atoms with Gasteiger partial charge in [-0.05, 0) is 26.1 Å². The standard InChI is InChI=1S/C21H25N7O2/c1-3-30-21(29)16-12-24-28(14-16)20-19(22)23-13-18(25-20)15-4-6-17(7-5-15)27-10-8-26(2)9-11-27/h4-7,12-14H,3,8-11H2,1-2H3,(H2,22,23). The molecule has 0 bridgehead atoms. The lowest BCUT2D eigenvalue weighted by molar-refractivity contribution is 0.0526. The fourth-order valence-electron chi connectivity index (χ4n) is 3.36. The number of ether oxygens (including phenoxy) is 1.